The molecule has 0 aliphatic rings. The van der Waals surface area contributed by atoms with Crippen LogP contribution in [-0.2, 0) is 4.79 Å². The first-order valence-corrected chi connectivity index (χ1v) is 4.25. The average Bonchev–Trinajstić information content (AvgIpc) is 1.80. The molecule has 0 fully saturated rings. The van der Waals surface area contributed by atoms with Crippen LogP contribution in [0, 0.1) is 22.0 Å². The molecule has 0 unspecified atom stereocenters. The zero-order valence-corrected chi connectivity index (χ0v) is 7.90. The Morgan fingerprint density at radius 3 is 2.13 bits per heavy atom. The zero-order valence-electron chi connectivity index (χ0n) is 7.90. The van der Waals surface area contributed by atoms with Gasteiger partial charge in [-0.2, -0.15) is 0 Å². The molecule has 0 aliphatic heterocycles. The van der Waals surface area contributed by atoms with Gasteiger partial charge in [-0.25, -0.2) is 0 Å². The Bertz CT molecular complexity index is 183. The molecule has 80 valence electrons. The van der Waals surface area contributed by atoms with Gasteiger partial charge in [-0.1, -0.05) is 13.8 Å². The van der Waals surface area contributed by atoms with Crippen LogP contribution < -0.4 is 0 Å². The van der Waals surface area contributed by atoms with Crippen molar-refractivity contribution in [3.8, 4) is 0 Å². The molecule has 0 aromatic heterocycles. The van der Waals surface area contributed by atoms with Gasteiger partial charge in [0.25, 0.3) is 0 Å². The average molecular weight is 269 g/mol. The molecule has 7 heteroatoms. The van der Waals surface area contributed by atoms with Crippen LogP contribution in [0.1, 0.15) is 26.7 Å². The normalized spacial score (nSPS) is 11.1. The maximum absolute atomic E-state index is 10.4. The Hall–Kier alpha value is 2.14. The standard InChI is InChI=1S/C8H15NO4.2K.2H/c1-6(2)3-7(4-8(10)11)5-9(12)13;;;;/h6-7H,3-5H2,1-2H3,(H,10,11);;;;/t7-;;;;/m0..../s1. The summed E-state index contributed by atoms with van der Waals surface area (Å²) in [5, 5.41) is 18.7. The van der Waals surface area contributed by atoms with Crippen molar-refractivity contribution in [2.24, 2.45) is 11.8 Å². The van der Waals surface area contributed by atoms with Crippen LogP contribution in [0.2, 0.25) is 0 Å². The number of carboxylic acids is 1. The van der Waals surface area contributed by atoms with E-state index >= 15 is 0 Å². The predicted octanol–water partition coefficient (Wildman–Crippen LogP) is 0.103. The molecule has 1 N–H and O–H groups in total. The number of nitrogens with zero attached hydrogens (tertiary/aromatic N) is 1. The van der Waals surface area contributed by atoms with Gasteiger partial charge in [0.05, 0.1) is 6.42 Å². The van der Waals surface area contributed by atoms with Crippen LogP contribution in [0.15, 0.2) is 0 Å². The summed E-state index contributed by atoms with van der Waals surface area (Å²) in [6, 6.07) is 0. The molecule has 0 saturated carbocycles. The minimum absolute atomic E-state index is 0. The third kappa shape index (κ3) is 16.1. The quantitative estimate of drug-likeness (QED) is 0.421. The fourth-order valence-electron chi connectivity index (χ4n) is 1.35. The molecule has 0 aromatic carbocycles. The summed E-state index contributed by atoms with van der Waals surface area (Å²) >= 11 is 0. The van der Waals surface area contributed by atoms with Crippen molar-refractivity contribution < 1.29 is 14.8 Å². The van der Waals surface area contributed by atoms with Crippen LogP contribution in [0.25, 0.3) is 0 Å². The van der Waals surface area contributed by atoms with E-state index in [0.29, 0.717) is 12.3 Å². The van der Waals surface area contributed by atoms with Crippen LogP contribution >= 0.6 is 0 Å². The summed E-state index contributed by atoms with van der Waals surface area (Å²) in [5.74, 6) is -1.01. The molecule has 0 radical (unpaired) electrons. The second kappa shape index (κ2) is 12.6. The molecule has 0 aromatic rings. The topological polar surface area (TPSA) is 80.4 Å². The van der Waals surface area contributed by atoms with Gasteiger partial charge in [-0.15, -0.1) is 0 Å². The predicted molar refractivity (Wildman–Crippen MR) is 61.4 cm³/mol. The van der Waals surface area contributed by atoms with E-state index in [-0.39, 0.29) is 122 Å². The molecule has 0 amide bonds. The van der Waals surface area contributed by atoms with Crippen molar-refractivity contribution in [1.29, 1.82) is 0 Å². The van der Waals surface area contributed by atoms with E-state index in [1.807, 2.05) is 13.8 Å². The van der Waals surface area contributed by atoms with Gasteiger partial charge in [0.1, 0.15) is 0 Å². The molecular weight excluding hydrogens is 252 g/mol. The first kappa shape index (κ1) is 22.3. The van der Waals surface area contributed by atoms with Crippen LogP contribution in [0.5, 0.6) is 0 Å². The van der Waals surface area contributed by atoms with Crippen LogP contribution in [-0.4, -0.2) is 125 Å². The maximum atomic E-state index is 10.4. The van der Waals surface area contributed by atoms with E-state index in [1.54, 1.807) is 0 Å². The Morgan fingerprint density at radius 1 is 1.40 bits per heavy atom. The van der Waals surface area contributed by atoms with Gasteiger partial charge in [-0.05, 0) is 12.3 Å². The van der Waals surface area contributed by atoms with Crippen molar-refractivity contribution >= 4 is 109 Å². The Morgan fingerprint density at radius 2 is 1.87 bits per heavy atom. The van der Waals surface area contributed by atoms with Gasteiger partial charge in [0.2, 0.25) is 6.54 Å². The van der Waals surface area contributed by atoms with Gasteiger partial charge in [-0.3, -0.25) is 14.9 Å². The molecule has 0 bridgehead atoms. The van der Waals surface area contributed by atoms with Gasteiger partial charge >= 0.3 is 109 Å². The fraction of sp³-hybridized carbons (Fsp3) is 0.875. The molecule has 0 rings (SSSR count). The Balaban J connectivity index is -0.000000720. The van der Waals surface area contributed by atoms with Crippen LogP contribution in [0.3, 0.4) is 0 Å². The second-order valence-corrected chi connectivity index (χ2v) is 3.61. The molecule has 0 heterocycles. The van der Waals surface area contributed by atoms with Gasteiger partial charge in [0.15, 0.2) is 0 Å². The summed E-state index contributed by atoms with van der Waals surface area (Å²) < 4.78 is 0. The fourth-order valence-corrected chi connectivity index (χ4v) is 1.35. The van der Waals surface area contributed by atoms with Crippen molar-refractivity contribution in [2.75, 3.05) is 6.54 Å². The van der Waals surface area contributed by atoms with Crippen molar-refractivity contribution in [3.63, 3.8) is 0 Å². The number of hydrogen-bond donors (Lipinski definition) is 1. The van der Waals surface area contributed by atoms with E-state index < -0.39 is 10.9 Å². The SMILES string of the molecule is CC(C)C[C@@H](CC(=O)O)C[N+](=O)[O-].[KH].[KH]. The van der Waals surface area contributed by atoms with Crippen molar-refractivity contribution in [3.05, 3.63) is 10.1 Å². The summed E-state index contributed by atoms with van der Waals surface area (Å²) in [6.07, 6.45) is 0.479. The summed E-state index contributed by atoms with van der Waals surface area (Å²) in [5.41, 5.74) is 0. The van der Waals surface area contributed by atoms with Crippen molar-refractivity contribution in [2.45, 2.75) is 26.7 Å². The number of nitro groups is 1. The van der Waals surface area contributed by atoms with E-state index in [4.69, 9.17) is 5.11 Å². The molecule has 0 spiro atoms. The Kier molecular flexibility index (Phi) is 18.8. The minimum atomic E-state index is -0.965. The van der Waals surface area contributed by atoms with Gasteiger partial charge in [0, 0.05) is 10.8 Å². The first-order chi connectivity index (χ1) is 5.91. The molecule has 0 saturated heterocycles. The number of carbonyl (C=O) groups is 1. The molecule has 1 atom stereocenters. The molecule has 0 aliphatic carbocycles. The van der Waals surface area contributed by atoms with Crippen molar-refractivity contribution in [1.82, 2.24) is 0 Å². The first-order valence-electron chi connectivity index (χ1n) is 4.25. The van der Waals surface area contributed by atoms with Crippen LogP contribution in [0.4, 0.5) is 0 Å². The third-order valence-corrected chi connectivity index (χ3v) is 1.68. The number of aliphatic carboxylic acids is 1. The molecule has 5 nitrogen and oxygen atoms in total. The zero-order chi connectivity index (χ0) is 10.4. The van der Waals surface area contributed by atoms with E-state index in [2.05, 4.69) is 0 Å². The van der Waals surface area contributed by atoms with Gasteiger partial charge < -0.3 is 5.11 Å². The third-order valence-electron chi connectivity index (χ3n) is 1.68. The van der Waals surface area contributed by atoms with E-state index in [9.17, 15) is 14.9 Å². The number of hydrogen-bond acceptors (Lipinski definition) is 3. The Labute approximate surface area is 175 Å². The number of carboxylic acid groups (broad SMARTS) is 1. The summed E-state index contributed by atoms with van der Waals surface area (Å²) in [4.78, 5) is 20.1. The summed E-state index contributed by atoms with van der Waals surface area (Å²) in [7, 11) is 0. The second-order valence-electron chi connectivity index (χ2n) is 3.61. The van der Waals surface area contributed by atoms with E-state index in [0.717, 1.165) is 0 Å². The number of rotatable bonds is 6. The molecule has 15 heavy (non-hydrogen) atoms. The summed E-state index contributed by atoms with van der Waals surface area (Å²) in [6.45, 7) is 3.61. The molecular formula is C8H17K2NO4. The van der Waals surface area contributed by atoms with E-state index in [1.165, 1.54) is 0 Å². The monoisotopic (exact) mass is 269 g/mol.